The zero-order valence-electron chi connectivity index (χ0n) is 16.9. The van der Waals surface area contributed by atoms with Crippen molar-refractivity contribution in [1.82, 2.24) is 0 Å². The van der Waals surface area contributed by atoms with E-state index in [4.69, 9.17) is 9.47 Å². The number of hydrogen-bond donors (Lipinski definition) is 1. The van der Waals surface area contributed by atoms with Crippen molar-refractivity contribution >= 4 is 23.8 Å². The highest BCUT2D eigenvalue weighted by Crippen LogP contribution is 2.59. The summed E-state index contributed by atoms with van der Waals surface area (Å²) in [6.07, 6.45) is 5.24. The number of aliphatic imine (C=N–C) groups is 1. The predicted octanol–water partition coefficient (Wildman–Crippen LogP) is 2.24. The van der Waals surface area contributed by atoms with Crippen molar-refractivity contribution < 1.29 is 29.0 Å². The number of Topliss-reactive ketones (excluding diaryl/α,β-unsaturated/α-hetero) is 2. The van der Waals surface area contributed by atoms with Gasteiger partial charge in [0.15, 0.2) is 11.4 Å². The number of carbonyl (C=O) groups is 3. The molecule has 7 nitrogen and oxygen atoms in total. The summed E-state index contributed by atoms with van der Waals surface area (Å²) >= 11 is 0. The van der Waals surface area contributed by atoms with Crippen LogP contribution in [-0.2, 0) is 14.3 Å². The van der Waals surface area contributed by atoms with Gasteiger partial charge in [-0.25, -0.2) is 4.79 Å². The van der Waals surface area contributed by atoms with Crippen molar-refractivity contribution in [3.8, 4) is 0 Å². The molecule has 30 heavy (non-hydrogen) atoms. The molecule has 0 amide bonds. The highest BCUT2D eigenvalue weighted by Gasteiger charge is 2.85. The van der Waals surface area contributed by atoms with Crippen LogP contribution in [0.3, 0.4) is 0 Å². The van der Waals surface area contributed by atoms with Gasteiger partial charge in [0.05, 0.1) is 20.3 Å². The third kappa shape index (κ3) is 2.80. The molecule has 1 aliphatic carbocycles. The molecule has 3 aliphatic rings. The van der Waals surface area contributed by atoms with Crippen LogP contribution < -0.4 is 0 Å². The summed E-state index contributed by atoms with van der Waals surface area (Å²) in [7, 11) is 1.16. The Hall–Kier alpha value is -2.90. The standard InChI is InChI=1S/C23H23NO6/c1-14(7-8-15-9-10-24-12-15)16(13-25)11-22-19(26)17-5-3-4-6-18(17)20(27)23(22,30-22)21(28)29-2/h3-6,9,12,25H,7-8,10-11,13H2,1-2H3. The number of allylic oxidation sites excluding steroid dienone is 2. The van der Waals surface area contributed by atoms with E-state index >= 15 is 0 Å². The number of rotatable bonds is 7. The van der Waals surface area contributed by atoms with E-state index in [1.165, 1.54) is 6.07 Å². The summed E-state index contributed by atoms with van der Waals surface area (Å²) in [4.78, 5) is 43.3. The van der Waals surface area contributed by atoms with Crippen LogP contribution in [-0.4, -0.2) is 60.3 Å². The summed E-state index contributed by atoms with van der Waals surface area (Å²) < 4.78 is 10.6. The number of carbonyl (C=O) groups excluding carboxylic acids is 3. The molecule has 2 heterocycles. The Morgan fingerprint density at radius 3 is 2.53 bits per heavy atom. The summed E-state index contributed by atoms with van der Waals surface area (Å²) in [5, 5.41) is 10.0. The fraction of sp³-hybridized carbons (Fsp3) is 0.391. The van der Waals surface area contributed by atoms with E-state index in [0.29, 0.717) is 18.5 Å². The third-order valence-corrected chi connectivity index (χ3v) is 6.19. The molecular weight excluding hydrogens is 386 g/mol. The van der Waals surface area contributed by atoms with E-state index in [9.17, 15) is 19.5 Å². The van der Waals surface area contributed by atoms with Gasteiger partial charge in [-0.15, -0.1) is 0 Å². The molecule has 2 aliphatic heterocycles. The van der Waals surface area contributed by atoms with Gasteiger partial charge in [0.2, 0.25) is 5.78 Å². The lowest BCUT2D eigenvalue weighted by Crippen LogP contribution is -2.50. The second-order valence-electron chi connectivity index (χ2n) is 7.80. The summed E-state index contributed by atoms with van der Waals surface area (Å²) in [5.41, 5.74) is -0.706. The lowest BCUT2D eigenvalue weighted by atomic mass is 9.71. The van der Waals surface area contributed by atoms with Crippen LogP contribution in [0, 0.1) is 0 Å². The molecule has 2 unspecified atom stereocenters. The minimum absolute atomic E-state index is 0.0452. The first-order valence-electron chi connectivity index (χ1n) is 9.85. The monoisotopic (exact) mass is 409 g/mol. The molecule has 0 spiro atoms. The average Bonchev–Trinajstić information content (AvgIpc) is 3.18. The van der Waals surface area contributed by atoms with Crippen molar-refractivity contribution in [3.05, 3.63) is 58.2 Å². The number of benzene rings is 1. The van der Waals surface area contributed by atoms with Gasteiger partial charge < -0.3 is 14.6 Å². The van der Waals surface area contributed by atoms with Gasteiger partial charge in [0.25, 0.3) is 5.60 Å². The lowest BCUT2D eigenvalue weighted by molar-refractivity contribution is -0.145. The second-order valence-corrected chi connectivity index (χ2v) is 7.80. The van der Waals surface area contributed by atoms with Crippen molar-refractivity contribution in [2.45, 2.75) is 37.4 Å². The molecule has 7 heteroatoms. The van der Waals surface area contributed by atoms with Gasteiger partial charge in [0, 0.05) is 23.8 Å². The summed E-state index contributed by atoms with van der Waals surface area (Å²) in [5.74, 6) is -1.91. The quantitative estimate of drug-likeness (QED) is 0.320. The number of epoxide rings is 1. The zero-order valence-corrected chi connectivity index (χ0v) is 16.9. The van der Waals surface area contributed by atoms with Crippen molar-refractivity contribution in [2.75, 3.05) is 20.3 Å². The fourth-order valence-corrected chi connectivity index (χ4v) is 4.35. The minimum atomic E-state index is -1.99. The Bertz CT molecular complexity index is 1040. The van der Waals surface area contributed by atoms with Crippen LogP contribution >= 0.6 is 0 Å². The normalized spacial score (nSPS) is 27.2. The number of nitrogens with zero attached hydrogens (tertiary/aromatic N) is 1. The molecule has 1 N–H and O–H groups in total. The molecule has 0 radical (unpaired) electrons. The molecule has 0 saturated carbocycles. The van der Waals surface area contributed by atoms with Crippen LogP contribution in [0.5, 0.6) is 0 Å². The molecule has 1 aromatic rings. The Labute approximate surface area is 174 Å². The van der Waals surface area contributed by atoms with E-state index in [-0.39, 0.29) is 24.2 Å². The highest BCUT2D eigenvalue weighted by molar-refractivity contribution is 6.32. The van der Waals surface area contributed by atoms with Gasteiger partial charge in [0.1, 0.15) is 0 Å². The molecule has 4 rings (SSSR count). The molecular formula is C23H23NO6. The second kappa shape index (κ2) is 7.41. The van der Waals surface area contributed by atoms with Crippen molar-refractivity contribution in [1.29, 1.82) is 0 Å². The van der Waals surface area contributed by atoms with E-state index in [1.807, 2.05) is 19.2 Å². The van der Waals surface area contributed by atoms with E-state index < -0.39 is 28.7 Å². The highest BCUT2D eigenvalue weighted by atomic mass is 16.7. The number of hydrogen-bond acceptors (Lipinski definition) is 7. The van der Waals surface area contributed by atoms with Crippen molar-refractivity contribution in [2.24, 2.45) is 4.99 Å². The van der Waals surface area contributed by atoms with Gasteiger partial charge in [-0.3, -0.25) is 14.6 Å². The van der Waals surface area contributed by atoms with Gasteiger partial charge in [-0.2, -0.15) is 0 Å². The van der Waals surface area contributed by atoms with E-state index in [0.717, 1.165) is 24.7 Å². The number of aliphatic hydroxyl groups is 1. The Kier molecular flexibility index (Phi) is 5.03. The first-order valence-corrected chi connectivity index (χ1v) is 9.85. The van der Waals surface area contributed by atoms with E-state index in [2.05, 4.69) is 4.99 Å². The van der Waals surface area contributed by atoms with Crippen molar-refractivity contribution in [3.63, 3.8) is 0 Å². The van der Waals surface area contributed by atoms with Crippen LogP contribution in [0.2, 0.25) is 0 Å². The number of aliphatic hydroxyl groups excluding tert-OH is 1. The zero-order chi connectivity index (χ0) is 21.5. The molecule has 0 bridgehead atoms. The topological polar surface area (TPSA) is 106 Å². The largest absolute Gasteiger partial charge is 0.466 e. The maximum absolute atomic E-state index is 13.4. The smallest absolute Gasteiger partial charge is 0.350 e. The molecule has 2 atom stereocenters. The van der Waals surface area contributed by atoms with Crippen LogP contribution in [0.15, 0.2) is 52.1 Å². The SMILES string of the molecule is COC(=O)C12OC1(CC(CO)=C(C)CCC1=CCN=C1)C(=O)c1ccccc1C2=O. The van der Waals surface area contributed by atoms with E-state index in [1.54, 1.807) is 18.2 Å². The van der Waals surface area contributed by atoms with Crippen LogP contribution in [0.4, 0.5) is 0 Å². The minimum Gasteiger partial charge on any atom is -0.466 e. The predicted molar refractivity (Wildman–Crippen MR) is 109 cm³/mol. The first-order chi connectivity index (χ1) is 14.4. The third-order valence-electron chi connectivity index (χ3n) is 6.19. The molecule has 1 saturated heterocycles. The Morgan fingerprint density at radius 1 is 1.23 bits per heavy atom. The van der Waals surface area contributed by atoms with Gasteiger partial charge >= 0.3 is 5.97 Å². The van der Waals surface area contributed by atoms with Crippen LogP contribution in [0.1, 0.15) is 46.9 Å². The number of esters is 1. The average molecular weight is 409 g/mol. The number of ether oxygens (including phenoxy) is 2. The fourth-order valence-electron chi connectivity index (χ4n) is 4.35. The summed E-state index contributed by atoms with van der Waals surface area (Å²) in [6.45, 7) is 2.25. The first kappa shape index (κ1) is 20.4. The Balaban J connectivity index is 1.70. The molecule has 1 aromatic carbocycles. The number of methoxy groups -OCH3 is 1. The summed E-state index contributed by atoms with van der Waals surface area (Å²) in [6, 6.07) is 6.36. The number of ketones is 2. The molecule has 1 fully saturated rings. The molecule has 0 aromatic heterocycles. The van der Waals surface area contributed by atoms with Gasteiger partial charge in [-0.05, 0) is 30.9 Å². The molecule has 156 valence electrons. The Morgan fingerprint density at radius 2 is 1.93 bits per heavy atom. The van der Waals surface area contributed by atoms with Crippen LogP contribution in [0.25, 0.3) is 0 Å². The van der Waals surface area contributed by atoms with Gasteiger partial charge in [-0.1, -0.05) is 35.9 Å². The maximum atomic E-state index is 13.4. The lowest BCUT2D eigenvalue weighted by Gasteiger charge is -2.24. The number of fused-ring (bicyclic) bond motifs is 2. The maximum Gasteiger partial charge on any atom is 0.350 e.